The van der Waals surface area contributed by atoms with E-state index in [-0.39, 0.29) is 12.1 Å². The number of nitrogens with two attached hydrogens (primary N) is 1. The molecule has 0 aliphatic rings. The minimum Gasteiger partial charge on any atom is -0.444 e. The van der Waals surface area contributed by atoms with Crippen molar-refractivity contribution in [2.75, 3.05) is 11.9 Å². The van der Waals surface area contributed by atoms with Gasteiger partial charge in [0, 0.05) is 16.7 Å². The van der Waals surface area contributed by atoms with Crippen molar-refractivity contribution >= 4 is 27.7 Å². The molecule has 0 radical (unpaired) electrons. The first-order valence-electron chi connectivity index (χ1n) is 6.93. The van der Waals surface area contributed by atoms with Gasteiger partial charge in [-0.15, -0.1) is 0 Å². The Bertz CT molecular complexity index is 474. The minimum atomic E-state index is -0.514. The van der Waals surface area contributed by atoms with Gasteiger partial charge in [-0.05, 0) is 45.9 Å². The first-order chi connectivity index (χ1) is 9.71. The predicted octanol–water partition coefficient (Wildman–Crippen LogP) is 3.10. The number of amides is 1. The van der Waals surface area contributed by atoms with Crippen molar-refractivity contribution in [1.82, 2.24) is 5.32 Å². The molecule has 1 aromatic rings. The van der Waals surface area contributed by atoms with E-state index in [2.05, 4.69) is 26.6 Å². The van der Waals surface area contributed by atoms with E-state index in [4.69, 9.17) is 10.5 Å². The van der Waals surface area contributed by atoms with Crippen molar-refractivity contribution in [1.29, 1.82) is 0 Å². The van der Waals surface area contributed by atoms with Crippen molar-refractivity contribution in [3.8, 4) is 0 Å². The number of nitrogens with one attached hydrogen (secondary N) is 2. The molecule has 2 unspecified atom stereocenters. The monoisotopic (exact) mass is 357 g/mol. The SMILES string of the molecule is CC(NC(=O)OC(C)(C)C)C(CN)Nc1cccc(Br)c1. The quantitative estimate of drug-likeness (QED) is 0.756. The Morgan fingerprint density at radius 1 is 1.43 bits per heavy atom. The standard InChI is InChI=1S/C15H24BrN3O2/c1-10(18-14(20)21-15(2,3)4)13(9-17)19-12-7-5-6-11(16)8-12/h5-8,10,13,19H,9,17H2,1-4H3,(H,18,20). The predicted molar refractivity (Wildman–Crippen MR) is 89.4 cm³/mol. The Hall–Kier alpha value is -1.27. The second-order valence-electron chi connectivity index (χ2n) is 5.93. The lowest BCUT2D eigenvalue weighted by Gasteiger charge is -2.27. The first-order valence-corrected chi connectivity index (χ1v) is 7.72. The Balaban J connectivity index is 2.61. The number of benzene rings is 1. The maximum Gasteiger partial charge on any atom is 0.407 e. The third-order valence-electron chi connectivity index (χ3n) is 2.78. The van der Waals surface area contributed by atoms with E-state index in [9.17, 15) is 4.79 Å². The third kappa shape index (κ3) is 6.82. The second-order valence-corrected chi connectivity index (χ2v) is 6.85. The van der Waals surface area contributed by atoms with Crippen molar-refractivity contribution in [2.45, 2.75) is 45.4 Å². The molecule has 0 aromatic heterocycles. The zero-order chi connectivity index (χ0) is 16.0. The molecular weight excluding hydrogens is 334 g/mol. The van der Waals surface area contributed by atoms with E-state index in [0.29, 0.717) is 6.54 Å². The van der Waals surface area contributed by atoms with Crippen molar-refractivity contribution in [2.24, 2.45) is 5.73 Å². The molecule has 0 bridgehead atoms. The number of hydrogen-bond donors (Lipinski definition) is 3. The van der Waals surface area contributed by atoms with Crippen molar-refractivity contribution in [3.05, 3.63) is 28.7 Å². The van der Waals surface area contributed by atoms with Crippen LogP contribution in [0.4, 0.5) is 10.5 Å². The first kappa shape index (κ1) is 17.8. The van der Waals surface area contributed by atoms with Gasteiger partial charge in [-0.25, -0.2) is 4.79 Å². The number of carbonyl (C=O) groups excluding carboxylic acids is 1. The van der Waals surface area contributed by atoms with Crippen LogP contribution < -0.4 is 16.4 Å². The van der Waals surface area contributed by atoms with Gasteiger partial charge in [-0.2, -0.15) is 0 Å². The molecule has 21 heavy (non-hydrogen) atoms. The molecule has 0 saturated heterocycles. The lowest BCUT2D eigenvalue weighted by atomic mass is 10.1. The highest BCUT2D eigenvalue weighted by atomic mass is 79.9. The zero-order valence-electron chi connectivity index (χ0n) is 12.9. The van der Waals surface area contributed by atoms with Gasteiger partial charge < -0.3 is 21.1 Å². The van der Waals surface area contributed by atoms with E-state index in [1.54, 1.807) is 0 Å². The molecule has 118 valence electrons. The summed E-state index contributed by atoms with van der Waals surface area (Å²) in [5.41, 5.74) is 6.22. The molecule has 0 spiro atoms. The van der Waals surface area contributed by atoms with Gasteiger partial charge in [0.1, 0.15) is 5.60 Å². The molecule has 5 nitrogen and oxygen atoms in total. The fraction of sp³-hybridized carbons (Fsp3) is 0.533. The molecule has 6 heteroatoms. The highest BCUT2D eigenvalue weighted by Crippen LogP contribution is 2.17. The van der Waals surface area contributed by atoms with Crippen LogP contribution in [0.3, 0.4) is 0 Å². The van der Waals surface area contributed by atoms with Crippen LogP contribution in [0.25, 0.3) is 0 Å². The number of ether oxygens (including phenoxy) is 1. The lowest BCUT2D eigenvalue weighted by molar-refractivity contribution is 0.0504. The number of hydrogen-bond acceptors (Lipinski definition) is 4. The van der Waals surface area contributed by atoms with E-state index in [0.717, 1.165) is 10.2 Å². The second kappa shape index (κ2) is 7.66. The van der Waals surface area contributed by atoms with E-state index in [1.807, 2.05) is 52.0 Å². The summed E-state index contributed by atoms with van der Waals surface area (Å²) < 4.78 is 6.23. The smallest absolute Gasteiger partial charge is 0.407 e. The Labute approximate surface area is 134 Å². The normalized spacial score (nSPS) is 14.2. The average molecular weight is 358 g/mol. The van der Waals surface area contributed by atoms with Crippen LogP contribution in [0.15, 0.2) is 28.7 Å². The Morgan fingerprint density at radius 3 is 2.62 bits per heavy atom. The Kier molecular flexibility index (Phi) is 6.48. The topological polar surface area (TPSA) is 76.4 Å². The third-order valence-corrected chi connectivity index (χ3v) is 3.27. The van der Waals surface area contributed by atoms with Crippen LogP contribution in [-0.2, 0) is 4.74 Å². The maximum atomic E-state index is 11.8. The van der Waals surface area contributed by atoms with E-state index >= 15 is 0 Å². The molecular formula is C15H24BrN3O2. The number of anilines is 1. The zero-order valence-corrected chi connectivity index (χ0v) is 14.5. The van der Waals surface area contributed by atoms with Gasteiger partial charge >= 0.3 is 6.09 Å². The summed E-state index contributed by atoms with van der Waals surface area (Å²) in [4.78, 5) is 11.8. The molecule has 0 fully saturated rings. The fourth-order valence-corrected chi connectivity index (χ4v) is 2.17. The van der Waals surface area contributed by atoms with Gasteiger partial charge in [-0.3, -0.25) is 0 Å². The highest BCUT2D eigenvalue weighted by Gasteiger charge is 2.22. The Morgan fingerprint density at radius 2 is 2.10 bits per heavy atom. The van der Waals surface area contributed by atoms with Crippen LogP contribution in [0.1, 0.15) is 27.7 Å². The summed E-state index contributed by atoms with van der Waals surface area (Å²) in [6.45, 7) is 7.78. The molecule has 1 rings (SSSR count). The molecule has 0 aliphatic heterocycles. The van der Waals surface area contributed by atoms with Gasteiger partial charge in [-0.1, -0.05) is 22.0 Å². The molecule has 2 atom stereocenters. The van der Waals surface area contributed by atoms with Crippen LogP contribution in [0, 0.1) is 0 Å². The van der Waals surface area contributed by atoms with Crippen LogP contribution in [0.5, 0.6) is 0 Å². The summed E-state index contributed by atoms with van der Waals surface area (Å²) in [6, 6.07) is 7.55. The molecule has 0 aliphatic carbocycles. The number of halogens is 1. The fourth-order valence-electron chi connectivity index (χ4n) is 1.77. The molecule has 0 saturated carbocycles. The number of rotatable bonds is 5. The highest BCUT2D eigenvalue weighted by molar-refractivity contribution is 9.10. The van der Waals surface area contributed by atoms with E-state index in [1.165, 1.54) is 0 Å². The minimum absolute atomic E-state index is 0.0909. The van der Waals surface area contributed by atoms with Crippen LogP contribution in [-0.4, -0.2) is 30.3 Å². The number of alkyl carbamates (subject to hydrolysis) is 1. The van der Waals surface area contributed by atoms with Crippen molar-refractivity contribution in [3.63, 3.8) is 0 Å². The van der Waals surface area contributed by atoms with Crippen molar-refractivity contribution < 1.29 is 9.53 Å². The molecule has 0 heterocycles. The molecule has 1 amide bonds. The van der Waals surface area contributed by atoms with Gasteiger partial charge in [0.15, 0.2) is 0 Å². The summed E-state index contributed by atoms with van der Waals surface area (Å²) in [6.07, 6.45) is -0.440. The van der Waals surface area contributed by atoms with Crippen LogP contribution in [0.2, 0.25) is 0 Å². The average Bonchev–Trinajstić information content (AvgIpc) is 2.33. The molecule has 4 N–H and O–H groups in total. The largest absolute Gasteiger partial charge is 0.444 e. The van der Waals surface area contributed by atoms with Gasteiger partial charge in [0.25, 0.3) is 0 Å². The van der Waals surface area contributed by atoms with E-state index < -0.39 is 11.7 Å². The van der Waals surface area contributed by atoms with Gasteiger partial charge in [0.2, 0.25) is 0 Å². The summed E-state index contributed by atoms with van der Waals surface area (Å²) >= 11 is 3.42. The maximum absolute atomic E-state index is 11.8. The molecule has 1 aromatic carbocycles. The van der Waals surface area contributed by atoms with Gasteiger partial charge in [0.05, 0.1) is 12.1 Å². The summed E-state index contributed by atoms with van der Waals surface area (Å²) in [7, 11) is 0. The van der Waals surface area contributed by atoms with Crippen LogP contribution >= 0.6 is 15.9 Å². The summed E-state index contributed by atoms with van der Waals surface area (Å²) in [5.74, 6) is 0. The summed E-state index contributed by atoms with van der Waals surface area (Å²) in [5, 5.41) is 6.12. The number of carbonyl (C=O) groups is 1. The lowest BCUT2D eigenvalue weighted by Crippen LogP contribution is -2.49.